The molecule has 3 rings (SSSR count). The number of anilines is 1. The monoisotopic (exact) mass is 305 g/mol. The van der Waals surface area contributed by atoms with Crippen LogP contribution in [0.3, 0.4) is 0 Å². The van der Waals surface area contributed by atoms with Crippen LogP contribution in [0.5, 0.6) is 0 Å². The van der Waals surface area contributed by atoms with Crippen molar-refractivity contribution in [1.82, 2.24) is 15.0 Å². The van der Waals surface area contributed by atoms with E-state index in [0.717, 1.165) is 26.7 Å². The minimum absolute atomic E-state index is 0.638. The lowest BCUT2D eigenvalue weighted by molar-refractivity contribution is 0.973. The molecule has 0 spiro atoms. The Labute approximate surface area is 124 Å². The van der Waals surface area contributed by atoms with E-state index in [9.17, 15) is 0 Å². The van der Waals surface area contributed by atoms with Gasteiger partial charge in [0.15, 0.2) is 5.82 Å². The Balaban J connectivity index is 2.08. The van der Waals surface area contributed by atoms with Crippen LogP contribution in [0.25, 0.3) is 10.2 Å². The molecule has 20 heavy (non-hydrogen) atoms. The highest BCUT2D eigenvalue weighted by molar-refractivity contribution is 7.18. The fourth-order valence-electron chi connectivity index (χ4n) is 2.10. The molecular formula is C13H15N5S2. The van der Waals surface area contributed by atoms with Gasteiger partial charge in [0.1, 0.15) is 15.7 Å². The van der Waals surface area contributed by atoms with Crippen molar-refractivity contribution in [3.05, 3.63) is 32.3 Å². The molecule has 0 amide bonds. The predicted molar refractivity (Wildman–Crippen MR) is 84.4 cm³/mol. The van der Waals surface area contributed by atoms with Gasteiger partial charge in [0, 0.05) is 16.0 Å². The molecule has 104 valence electrons. The first kappa shape index (κ1) is 13.4. The van der Waals surface area contributed by atoms with E-state index in [1.54, 1.807) is 22.7 Å². The molecule has 5 nitrogen and oxygen atoms in total. The molecule has 0 saturated heterocycles. The molecule has 3 aromatic rings. The van der Waals surface area contributed by atoms with Crippen molar-refractivity contribution < 1.29 is 0 Å². The third kappa shape index (κ3) is 2.28. The van der Waals surface area contributed by atoms with Crippen LogP contribution in [-0.2, 0) is 6.42 Å². The fraction of sp³-hybridized carbons (Fsp3) is 0.308. The van der Waals surface area contributed by atoms with Crippen molar-refractivity contribution in [3.63, 3.8) is 0 Å². The summed E-state index contributed by atoms with van der Waals surface area (Å²) in [5.74, 6) is 7.06. The van der Waals surface area contributed by atoms with Gasteiger partial charge in [-0.25, -0.2) is 20.8 Å². The summed E-state index contributed by atoms with van der Waals surface area (Å²) in [4.78, 5) is 15.8. The summed E-state index contributed by atoms with van der Waals surface area (Å²) in [5.41, 5.74) is 4.92. The van der Waals surface area contributed by atoms with Gasteiger partial charge in [-0.1, -0.05) is 0 Å². The first-order valence-corrected chi connectivity index (χ1v) is 7.92. The summed E-state index contributed by atoms with van der Waals surface area (Å²) in [5, 5.41) is 4.08. The topological polar surface area (TPSA) is 76.7 Å². The van der Waals surface area contributed by atoms with Gasteiger partial charge in [0.2, 0.25) is 0 Å². The highest BCUT2D eigenvalue weighted by Gasteiger charge is 2.14. The molecule has 0 aromatic carbocycles. The average molecular weight is 305 g/mol. The lowest BCUT2D eigenvalue weighted by Gasteiger charge is -2.05. The van der Waals surface area contributed by atoms with E-state index in [0.29, 0.717) is 12.2 Å². The van der Waals surface area contributed by atoms with Gasteiger partial charge in [0.05, 0.1) is 11.8 Å². The highest BCUT2D eigenvalue weighted by atomic mass is 32.1. The SMILES string of the molecule is Cc1csc(Cc2nc(NN)c3c(C)c(C)sc3n2)n1. The highest BCUT2D eigenvalue weighted by Crippen LogP contribution is 2.33. The van der Waals surface area contributed by atoms with Crippen LogP contribution in [0, 0.1) is 20.8 Å². The van der Waals surface area contributed by atoms with Crippen LogP contribution >= 0.6 is 22.7 Å². The van der Waals surface area contributed by atoms with Gasteiger partial charge in [0.25, 0.3) is 0 Å². The molecule has 0 bridgehead atoms. The van der Waals surface area contributed by atoms with Crippen LogP contribution in [0.2, 0.25) is 0 Å². The van der Waals surface area contributed by atoms with Crippen LogP contribution in [-0.4, -0.2) is 15.0 Å². The molecule has 0 fully saturated rings. The Kier molecular flexibility index (Phi) is 3.41. The zero-order chi connectivity index (χ0) is 14.3. The number of aryl methyl sites for hydroxylation is 3. The van der Waals surface area contributed by atoms with E-state index in [-0.39, 0.29) is 0 Å². The van der Waals surface area contributed by atoms with E-state index in [1.807, 2.05) is 12.3 Å². The first-order valence-electron chi connectivity index (χ1n) is 6.22. The van der Waals surface area contributed by atoms with E-state index >= 15 is 0 Å². The molecular weight excluding hydrogens is 290 g/mol. The summed E-state index contributed by atoms with van der Waals surface area (Å²) in [7, 11) is 0. The van der Waals surface area contributed by atoms with Gasteiger partial charge >= 0.3 is 0 Å². The van der Waals surface area contributed by atoms with Gasteiger partial charge in [-0.15, -0.1) is 22.7 Å². The number of fused-ring (bicyclic) bond motifs is 1. The number of thiazole rings is 1. The molecule has 0 radical (unpaired) electrons. The zero-order valence-electron chi connectivity index (χ0n) is 11.5. The van der Waals surface area contributed by atoms with Crippen molar-refractivity contribution in [1.29, 1.82) is 0 Å². The number of hydrazine groups is 1. The van der Waals surface area contributed by atoms with Gasteiger partial charge in [-0.05, 0) is 26.3 Å². The minimum Gasteiger partial charge on any atom is -0.308 e. The smallest absolute Gasteiger partial charge is 0.152 e. The third-order valence-corrected chi connectivity index (χ3v) is 5.26. The maximum atomic E-state index is 5.61. The normalized spacial score (nSPS) is 11.2. The predicted octanol–water partition coefficient (Wildman–Crippen LogP) is 2.95. The quantitative estimate of drug-likeness (QED) is 0.574. The zero-order valence-corrected chi connectivity index (χ0v) is 13.2. The molecule has 0 aliphatic rings. The summed E-state index contributed by atoms with van der Waals surface area (Å²) < 4.78 is 0. The summed E-state index contributed by atoms with van der Waals surface area (Å²) in [6.45, 7) is 6.15. The van der Waals surface area contributed by atoms with E-state index in [1.165, 1.54) is 10.4 Å². The second kappa shape index (κ2) is 5.08. The van der Waals surface area contributed by atoms with Gasteiger partial charge in [-0.2, -0.15) is 0 Å². The number of nitrogens with one attached hydrogen (secondary N) is 1. The number of thiophene rings is 1. The van der Waals surface area contributed by atoms with Crippen LogP contribution in [0.4, 0.5) is 5.82 Å². The number of nitrogen functional groups attached to an aromatic ring is 1. The maximum Gasteiger partial charge on any atom is 0.152 e. The molecule has 7 heteroatoms. The van der Waals surface area contributed by atoms with E-state index < -0.39 is 0 Å². The Morgan fingerprint density at radius 3 is 2.65 bits per heavy atom. The summed E-state index contributed by atoms with van der Waals surface area (Å²) in [6, 6.07) is 0. The van der Waals surface area contributed by atoms with E-state index in [2.05, 4.69) is 34.2 Å². The molecule has 0 unspecified atom stereocenters. The molecule has 0 aliphatic carbocycles. The third-order valence-electron chi connectivity index (χ3n) is 3.19. The average Bonchev–Trinajstić information content (AvgIpc) is 2.94. The first-order chi connectivity index (χ1) is 9.58. The molecule has 3 aromatic heterocycles. The number of nitrogens with two attached hydrogens (primary N) is 1. The van der Waals surface area contributed by atoms with Gasteiger partial charge in [-0.3, -0.25) is 0 Å². The Morgan fingerprint density at radius 2 is 2.00 bits per heavy atom. The number of hydrogen-bond acceptors (Lipinski definition) is 7. The lowest BCUT2D eigenvalue weighted by atomic mass is 10.2. The van der Waals surface area contributed by atoms with Crippen molar-refractivity contribution in [3.8, 4) is 0 Å². The van der Waals surface area contributed by atoms with Crippen LogP contribution < -0.4 is 11.3 Å². The largest absolute Gasteiger partial charge is 0.308 e. The number of hydrogen-bond donors (Lipinski definition) is 2. The Morgan fingerprint density at radius 1 is 1.20 bits per heavy atom. The number of nitrogens with zero attached hydrogens (tertiary/aromatic N) is 3. The van der Waals surface area contributed by atoms with Crippen LogP contribution in [0.15, 0.2) is 5.38 Å². The van der Waals surface area contributed by atoms with E-state index in [4.69, 9.17) is 5.84 Å². The molecule has 0 aliphatic heterocycles. The summed E-state index contributed by atoms with van der Waals surface area (Å²) >= 11 is 3.31. The van der Waals surface area contributed by atoms with Crippen LogP contribution in [0.1, 0.15) is 27.0 Å². The fourth-order valence-corrected chi connectivity index (χ4v) is 3.91. The molecule has 0 atom stereocenters. The lowest BCUT2D eigenvalue weighted by Crippen LogP contribution is -2.11. The molecule has 3 heterocycles. The Hall–Kier alpha value is -1.57. The second-order valence-electron chi connectivity index (χ2n) is 4.66. The van der Waals surface area contributed by atoms with Crippen molar-refractivity contribution >= 4 is 38.7 Å². The minimum atomic E-state index is 0.638. The van der Waals surface area contributed by atoms with Crippen molar-refractivity contribution in [2.75, 3.05) is 5.43 Å². The summed E-state index contributed by atoms with van der Waals surface area (Å²) in [6.07, 6.45) is 0.638. The Bertz CT molecular complexity index is 775. The molecule has 0 saturated carbocycles. The van der Waals surface area contributed by atoms with Crippen molar-refractivity contribution in [2.45, 2.75) is 27.2 Å². The maximum absolute atomic E-state index is 5.61. The number of rotatable bonds is 3. The molecule has 3 N–H and O–H groups in total. The van der Waals surface area contributed by atoms with Crippen molar-refractivity contribution in [2.24, 2.45) is 5.84 Å². The number of aromatic nitrogens is 3. The second-order valence-corrected chi connectivity index (χ2v) is 6.80. The standard InChI is InChI=1S/C13H15N5S2/c1-6-5-19-10(15-6)4-9-16-12(18-14)11-7(2)8(3)20-13(11)17-9/h5H,4,14H2,1-3H3,(H,16,17,18). The van der Waals surface area contributed by atoms with Gasteiger partial charge < -0.3 is 5.43 Å².